The van der Waals surface area contributed by atoms with Crippen LogP contribution in [0.4, 0.5) is 9.59 Å². The Morgan fingerprint density at radius 3 is 2.45 bits per heavy atom. The Hall–Kier alpha value is -3.14. The zero-order valence-electron chi connectivity index (χ0n) is 17.4. The van der Waals surface area contributed by atoms with Gasteiger partial charge >= 0.3 is 12.1 Å². The van der Waals surface area contributed by atoms with Gasteiger partial charge in [0, 0.05) is 32.4 Å². The molecule has 4 rings (SSSR count). The summed E-state index contributed by atoms with van der Waals surface area (Å²) in [5.74, 6) is 0. The summed E-state index contributed by atoms with van der Waals surface area (Å²) >= 11 is 6.09. The van der Waals surface area contributed by atoms with Crippen LogP contribution in [0.5, 0.6) is 0 Å². The van der Waals surface area contributed by atoms with Gasteiger partial charge in [-0.25, -0.2) is 19.3 Å². The van der Waals surface area contributed by atoms with Crippen LogP contribution >= 0.6 is 11.6 Å². The van der Waals surface area contributed by atoms with Gasteiger partial charge in [0.05, 0.1) is 5.69 Å². The molecule has 2 aromatic heterocycles. The molecule has 2 aromatic rings. The number of pyridine rings is 1. The van der Waals surface area contributed by atoms with Crippen LogP contribution in [-0.2, 0) is 0 Å². The van der Waals surface area contributed by atoms with Gasteiger partial charge in [0.1, 0.15) is 11.4 Å². The quantitative estimate of drug-likeness (QED) is 0.680. The van der Waals surface area contributed by atoms with Crippen molar-refractivity contribution in [2.24, 2.45) is 5.73 Å². The summed E-state index contributed by atoms with van der Waals surface area (Å²) in [4.78, 5) is 28.5. The predicted octanol–water partition coefficient (Wildman–Crippen LogP) is 2.94. The summed E-state index contributed by atoms with van der Waals surface area (Å²) in [6.07, 6.45) is 6.67. The lowest BCUT2D eigenvalue weighted by Crippen LogP contribution is -2.39. The van der Waals surface area contributed by atoms with Crippen molar-refractivity contribution >= 4 is 29.3 Å². The minimum Gasteiger partial charge on any atom is -0.465 e. The van der Waals surface area contributed by atoms with E-state index in [2.05, 4.69) is 15.3 Å². The van der Waals surface area contributed by atoms with Crippen molar-refractivity contribution in [2.45, 2.75) is 32.6 Å². The average molecular weight is 448 g/mol. The van der Waals surface area contributed by atoms with Crippen molar-refractivity contribution in [1.29, 1.82) is 0 Å². The van der Waals surface area contributed by atoms with Gasteiger partial charge in [-0.15, -0.1) is 5.10 Å². The first-order valence-electron chi connectivity index (χ1n) is 10.1. The number of amides is 3. The Balaban J connectivity index is 0.000000254. The Bertz CT molecular complexity index is 969. The normalized spacial score (nSPS) is 16.3. The predicted molar refractivity (Wildman–Crippen MR) is 116 cm³/mol. The number of nitrogens with zero attached hydrogens (tertiary/aromatic N) is 6. The molecule has 166 valence electrons. The van der Waals surface area contributed by atoms with Crippen LogP contribution in [0.1, 0.15) is 37.1 Å². The number of urea groups is 1. The second-order valence-corrected chi connectivity index (χ2v) is 7.70. The van der Waals surface area contributed by atoms with Crippen molar-refractivity contribution in [2.75, 3.05) is 26.2 Å². The smallest absolute Gasteiger partial charge is 0.407 e. The van der Waals surface area contributed by atoms with Crippen molar-refractivity contribution < 1.29 is 14.7 Å². The third kappa shape index (κ3) is 5.52. The third-order valence-corrected chi connectivity index (χ3v) is 5.60. The van der Waals surface area contributed by atoms with E-state index in [1.807, 2.05) is 19.1 Å². The monoisotopic (exact) mass is 447 g/mol. The summed E-state index contributed by atoms with van der Waals surface area (Å²) in [5, 5.41) is 17.7. The van der Waals surface area contributed by atoms with Gasteiger partial charge in [0.25, 0.3) is 0 Å². The van der Waals surface area contributed by atoms with E-state index in [0.29, 0.717) is 30.4 Å². The first kappa shape index (κ1) is 22.5. The van der Waals surface area contributed by atoms with E-state index in [1.54, 1.807) is 21.8 Å². The fraction of sp³-hybridized carbons (Fsp3) is 0.450. The van der Waals surface area contributed by atoms with E-state index in [4.69, 9.17) is 22.4 Å². The van der Waals surface area contributed by atoms with Crippen LogP contribution < -0.4 is 5.73 Å². The largest absolute Gasteiger partial charge is 0.465 e. The second-order valence-electron chi connectivity index (χ2n) is 7.34. The molecule has 0 unspecified atom stereocenters. The van der Waals surface area contributed by atoms with Gasteiger partial charge in [0.15, 0.2) is 5.15 Å². The molecule has 0 bridgehead atoms. The number of piperidine rings is 1. The molecule has 3 amide bonds. The van der Waals surface area contributed by atoms with Crippen LogP contribution in [-0.4, -0.2) is 73.2 Å². The number of hydrogen-bond acceptors (Lipinski definition) is 5. The van der Waals surface area contributed by atoms with Gasteiger partial charge in [0.2, 0.25) is 0 Å². The highest BCUT2D eigenvalue weighted by molar-refractivity contribution is 6.31. The van der Waals surface area contributed by atoms with E-state index in [-0.39, 0.29) is 6.03 Å². The molecule has 0 radical (unpaired) electrons. The van der Waals surface area contributed by atoms with E-state index >= 15 is 0 Å². The van der Waals surface area contributed by atoms with E-state index in [9.17, 15) is 9.59 Å². The summed E-state index contributed by atoms with van der Waals surface area (Å²) < 4.78 is 1.65. The molecule has 3 N–H and O–H groups in total. The Morgan fingerprint density at radius 1 is 1.16 bits per heavy atom. The van der Waals surface area contributed by atoms with Crippen molar-refractivity contribution in [1.82, 2.24) is 29.8 Å². The molecule has 1 saturated heterocycles. The first-order chi connectivity index (χ1) is 14.9. The Morgan fingerprint density at radius 2 is 1.90 bits per heavy atom. The summed E-state index contributed by atoms with van der Waals surface area (Å²) in [6, 6.07) is 3.34. The molecule has 1 fully saturated rings. The highest BCUT2D eigenvalue weighted by Crippen LogP contribution is 2.26. The number of carbonyl (C=O) groups excluding carboxylic acids is 1. The molecule has 0 saturated carbocycles. The number of rotatable bonds is 2. The molecule has 31 heavy (non-hydrogen) atoms. The van der Waals surface area contributed by atoms with E-state index < -0.39 is 6.09 Å². The number of aromatic nitrogens is 4. The number of carbonyl (C=O) groups is 2. The SMILES string of the molecule is Cc1c(C2=CCN(C(=O)O)CC2)nnn1-c1cccnc1Cl.NC(=O)N1CCCCC1. The standard InChI is InChI=1S/C14H14ClN5O2.C6H12N2O/c1-9-12(10-4-7-19(8-5-10)14(21)22)17-18-20(9)11-3-2-6-16-13(11)15;7-6(9)8-4-2-1-3-5-8/h2-4,6H,5,7-8H2,1H3,(H,21,22);1-5H2,(H2,7,9). The maximum absolute atomic E-state index is 10.9. The van der Waals surface area contributed by atoms with Gasteiger partial charge in [-0.2, -0.15) is 0 Å². The Kier molecular flexibility index (Phi) is 7.45. The molecule has 0 spiro atoms. The molecule has 2 aliphatic heterocycles. The fourth-order valence-electron chi connectivity index (χ4n) is 3.56. The molecule has 4 heterocycles. The number of carboxylic acid groups (broad SMARTS) is 1. The average Bonchev–Trinajstić information content (AvgIpc) is 3.16. The highest BCUT2D eigenvalue weighted by Gasteiger charge is 2.21. The maximum atomic E-state index is 10.9. The number of likely N-dealkylation sites (tertiary alicyclic amines) is 1. The van der Waals surface area contributed by atoms with E-state index in [1.165, 1.54) is 11.3 Å². The topological polar surface area (TPSA) is 130 Å². The summed E-state index contributed by atoms with van der Waals surface area (Å²) in [6.45, 7) is 4.44. The minimum absolute atomic E-state index is 0.269. The molecule has 0 aliphatic carbocycles. The van der Waals surface area contributed by atoms with Crippen LogP contribution in [0.2, 0.25) is 5.15 Å². The molecule has 0 atom stereocenters. The second kappa shape index (κ2) is 10.3. The molecule has 0 aromatic carbocycles. The lowest BCUT2D eigenvalue weighted by molar-refractivity contribution is 0.150. The molecular weight excluding hydrogens is 422 g/mol. The van der Waals surface area contributed by atoms with Crippen LogP contribution in [0, 0.1) is 6.92 Å². The van der Waals surface area contributed by atoms with Crippen molar-refractivity contribution in [3.05, 3.63) is 40.9 Å². The molecule has 2 aliphatic rings. The lowest BCUT2D eigenvalue weighted by atomic mass is 10.0. The zero-order valence-corrected chi connectivity index (χ0v) is 18.1. The molecular formula is C20H26ClN7O3. The molecule has 10 nitrogen and oxygen atoms in total. The van der Waals surface area contributed by atoms with Crippen LogP contribution in [0.15, 0.2) is 24.4 Å². The fourth-order valence-corrected chi connectivity index (χ4v) is 3.76. The zero-order chi connectivity index (χ0) is 22.4. The summed E-state index contributed by atoms with van der Waals surface area (Å²) in [7, 11) is 0. The van der Waals surface area contributed by atoms with Gasteiger partial charge < -0.3 is 20.6 Å². The van der Waals surface area contributed by atoms with Gasteiger partial charge in [-0.05, 0) is 50.3 Å². The minimum atomic E-state index is -0.905. The highest BCUT2D eigenvalue weighted by atomic mass is 35.5. The Labute approximate surface area is 185 Å². The van der Waals surface area contributed by atoms with Gasteiger partial charge in [-0.1, -0.05) is 22.9 Å². The van der Waals surface area contributed by atoms with Crippen LogP contribution in [0.3, 0.4) is 0 Å². The van der Waals surface area contributed by atoms with Crippen LogP contribution in [0.25, 0.3) is 11.3 Å². The number of hydrogen-bond donors (Lipinski definition) is 2. The molecule has 11 heteroatoms. The van der Waals surface area contributed by atoms with Crippen molar-refractivity contribution in [3.63, 3.8) is 0 Å². The third-order valence-electron chi connectivity index (χ3n) is 5.31. The first-order valence-corrected chi connectivity index (χ1v) is 10.5. The van der Waals surface area contributed by atoms with Crippen molar-refractivity contribution in [3.8, 4) is 5.69 Å². The number of nitrogens with two attached hydrogens (primary N) is 1. The lowest BCUT2D eigenvalue weighted by Gasteiger charge is -2.24. The van der Waals surface area contributed by atoms with E-state index in [0.717, 1.165) is 42.9 Å². The maximum Gasteiger partial charge on any atom is 0.407 e. The summed E-state index contributed by atoms with van der Waals surface area (Å²) in [5.41, 5.74) is 8.35. The number of halogens is 1. The number of primary amides is 1. The van der Waals surface area contributed by atoms with Gasteiger partial charge in [-0.3, -0.25) is 0 Å².